The van der Waals surface area contributed by atoms with Crippen molar-refractivity contribution in [2.24, 2.45) is 0 Å². The molecule has 112 valence electrons. The molecule has 0 aromatic carbocycles. The maximum atomic E-state index is 12.4. The summed E-state index contributed by atoms with van der Waals surface area (Å²) in [5, 5.41) is 11.2. The third-order valence-corrected chi connectivity index (χ3v) is 5.78. The Bertz CT molecular complexity index is 616. The van der Waals surface area contributed by atoms with E-state index >= 15 is 0 Å². The quantitative estimate of drug-likeness (QED) is 0.881. The van der Waals surface area contributed by atoms with Gasteiger partial charge in [-0.25, -0.2) is 0 Å². The summed E-state index contributed by atoms with van der Waals surface area (Å²) in [4.78, 5) is 12.5. The molecule has 2 heterocycles. The van der Waals surface area contributed by atoms with Gasteiger partial charge in [-0.15, -0.1) is 11.3 Å². The fourth-order valence-electron chi connectivity index (χ4n) is 2.25. The minimum atomic E-state index is -3.85. The number of nitrogens with one attached hydrogen (secondary N) is 1. The van der Waals surface area contributed by atoms with Crippen LogP contribution >= 0.6 is 11.3 Å². The van der Waals surface area contributed by atoms with Crippen molar-refractivity contribution in [2.45, 2.75) is 38.8 Å². The number of nitrogens with zero attached hydrogens (tertiary/aromatic N) is 1. The van der Waals surface area contributed by atoms with Crippen LogP contribution in [0.25, 0.3) is 0 Å². The molecule has 0 saturated carbocycles. The lowest BCUT2D eigenvalue weighted by molar-refractivity contribution is -0.142. The van der Waals surface area contributed by atoms with Crippen LogP contribution in [0.2, 0.25) is 0 Å². The summed E-state index contributed by atoms with van der Waals surface area (Å²) < 4.78 is 28.4. The molecule has 1 unspecified atom stereocenters. The second-order valence-corrected chi connectivity index (χ2v) is 8.38. The van der Waals surface area contributed by atoms with Gasteiger partial charge in [-0.1, -0.05) is 0 Å². The number of carboxylic acid groups (broad SMARTS) is 1. The van der Waals surface area contributed by atoms with Crippen LogP contribution < -0.4 is 4.72 Å². The Hall–Kier alpha value is -0.960. The van der Waals surface area contributed by atoms with Crippen molar-refractivity contribution in [3.8, 4) is 0 Å². The van der Waals surface area contributed by atoms with Crippen molar-refractivity contribution in [3.63, 3.8) is 0 Å². The number of fused-ring (bicyclic) bond motifs is 1. The lowest BCUT2D eigenvalue weighted by Gasteiger charge is -2.34. The number of aliphatic carboxylic acids is 1. The van der Waals surface area contributed by atoms with Crippen molar-refractivity contribution in [1.82, 2.24) is 9.03 Å². The predicted molar refractivity (Wildman–Crippen MR) is 76.9 cm³/mol. The van der Waals surface area contributed by atoms with Crippen LogP contribution in [0.5, 0.6) is 0 Å². The van der Waals surface area contributed by atoms with Crippen LogP contribution in [0, 0.1) is 0 Å². The molecule has 0 saturated heterocycles. The first-order chi connectivity index (χ1) is 9.12. The average Bonchev–Trinajstić information content (AvgIpc) is 2.71. The van der Waals surface area contributed by atoms with Crippen molar-refractivity contribution in [2.75, 3.05) is 6.54 Å². The van der Waals surface area contributed by atoms with Gasteiger partial charge in [0.15, 0.2) is 0 Å². The fraction of sp³-hybridized carbons (Fsp3) is 0.583. The van der Waals surface area contributed by atoms with Crippen molar-refractivity contribution >= 4 is 27.5 Å². The number of rotatable bonds is 3. The predicted octanol–water partition coefficient (Wildman–Crippen LogP) is 1.36. The Morgan fingerprint density at radius 2 is 2.15 bits per heavy atom. The molecule has 2 rings (SSSR count). The van der Waals surface area contributed by atoms with Crippen LogP contribution in [0.3, 0.4) is 0 Å². The van der Waals surface area contributed by atoms with E-state index in [2.05, 4.69) is 4.72 Å². The van der Waals surface area contributed by atoms with E-state index in [-0.39, 0.29) is 6.54 Å². The van der Waals surface area contributed by atoms with Gasteiger partial charge in [-0.05, 0) is 44.2 Å². The second-order valence-electron chi connectivity index (χ2n) is 5.76. The average molecular weight is 318 g/mol. The Balaban J connectivity index is 2.40. The molecule has 20 heavy (non-hydrogen) atoms. The second kappa shape index (κ2) is 5.10. The van der Waals surface area contributed by atoms with Gasteiger partial charge >= 0.3 is 5.97 Å². The Labute approximate surface area is 122 Å². The molecule has 0 bridgehead atoms. The summed E-state index contributed by atoms with van der Waals surface area (Å²) in [6.45, 7) is 5.34. The van der Waals surface area contributed by atoms with E-state index in [1.807, 2.05) is 0 Å². The fourth-order valence-corrected chi connectivity index (χ4v) is 4.86. The van der Waals surface area contributed by atoms with Crippen LogP contribution in [-0.2, 0) is 21.4 Å². The minimum Gasteiger partial charge on any atom is -0.480 e. The molecule has 2 N–H and O–H groups in total. The number of hydrogen-bond donors (Lipinski definition) is 2. The van der Waals surface area contributed by atoms with Crippen molar-refractivity contribution in [1.29, 1.82) is 0 Å². The molecular weight excluding hydrogens is 300 g/mol. The first-order valence-corrected chi connectivity index (χ1v) is 8.53. The summed E-state index contributed by atoms with van der Waals surface area (Å²) in [7, 11) is -3.85. The number of carboxylic acids is 1. The lowest BCUT2D eigenvalue weighted by atomic mass is 10.0. The van der Waals surface area contributed by atoms with Gasteiger partial charge in [0.2, 0.25) is 0 Å². The Morgan fingerprint density at radius 1 is 1.50 bits per heavy atom. The van der Waals surface area contributed by atoms with E-state index in [1.165, 1.54) is 11.3 Å². The number of hydrogen-bond acceptors (Lipinski definition) is 4. The zero-order valence-electron chi connectivity index (χ0n) is 11.6. The molecule has 0 fully saturated rings. The molecule has 0 radical (unpaired) electrons. The molecule has 1 aliphatic rings. The van der Waals surface area contributed by atoms with E-state index < -0.39 is 27.8 Å². The normalized spacial score (nSPS) is 20.6. The summed E-state index contributed by atoms with van der Waals surface area (Å²) in [6, 6.07) is 0.544. The third-order valence-electron chi connectivity index (χ3n) is 2.90. The maximum absolute atomic E-state index is 12.4. The highest BCUT2D eigenvalue weighted by molar-refractivity contribution is 7.87. The van der Waals surface area contributed by atoms with Crippen molar-refractivity contribution in [3.05, 3.63) is 21.9 Å². The van der Waals surface area contributed by atoms with E-state index in [4.69, 9.17) is 0 Å². The monoisotopic (exact) mass is 318 g/mol. The lowest BCUT2D eigenvalue weighted by Crippen LogP contribution is -2.52. The Kier molecular flexibility index (Phi) is 3.94. The molecule has 6 nitrogen and oxygen atoms in total. The van der Waals surface area contributed by atoms with Crippen LogP contribution in [0.4, 0.5) is 0 Å². The molecule has 1 aliphatic heterocycles. The first kappa shape index (κ1) is 15.4. The van der Waals surface area contributed by atoms with E-state index in [0.29, 0.717) is 12.0 Å². The van der Waals surface area contributed by atoms with E-state index in [0.717, 1.165) is 9.18 Å². The molecule has 0 aliphatic carbocycles. The highest BCUT2D eigenvalue weighted by Crippen LogP contribution is 2.35. The van der Waals surface area contributed by atoms with Gasteiger partial charge < -0.3 is 5.11 Å². The zero-order valence-corrected chi connectivity index (χ0v) is 13.2. The van der Waals surface area contributed by atoms with Gasteiger partial charge in [-0.3, -0.25) is 4.79 Å². The molecule has 8 heteroatoms. The molecule has 0 spiro atoms. The van der Waals surface area contributed by atoms with Crippen molar-refractivity contribution < 1.29 is 18.3 Å². The summed E-state index contributed by atoms with van der Waals surface area (Å²) in [6.07, 6.45) is 0.543. The first-order valence-electron chi connectivity index (χ1n) is 6.21. The summed E-state index contributed by atoms with van der Waals surface area (Å²) >= 11 is 1.47. The smallest absolute Gasteiger partial charge is 0.326 e. The highest BCUT2D eigenvalue weighted by Gasteiger charge is 2.41. The summed E-state index contributed by atoms with van der Waals surface area (Å²) in [5.74, 6) is -1.15. The van der Waals surface area contributed by atoms with E-state index in [1.54, 1.807) is 32.2 Å². The van der Waals surface area contributed by atoms with Crippen LogP contribution in [0.15, 0.2) is 11.4 Å². The number of carbonyl (C=O) groups is 1. The van der Waals surface area contributed by atoms with E-state index in [9.17, 15) is 18.3 Å². The van der Waals surface area contributed by atoms with Gasteiger partial charge in [0, 0.05) is 17.0 Å². The number of thiophene rings is 1. The Morgan fingerprint density at radius 3 is 2.70 bits per heavy atom. The maximum Gasteiger partial charge on any atom is 0.326 e. The van der Waals surface area contributed by atoms with Gasteiger partial charge in [-0.2, -0.15) is 17.4 Å². The third kappa shape index (κ3) is 3.03. The molecule has 1 atom stereocenters. The van der Waals surface area contributed by atoms with Crippen LogP contribution in [0.1, 0.15) is 37.3 Å². The highest BCUT2D eigenvalue weighted by atomic mass is 32.2. The van der Waals surface area contributed by atoms with Crippen LogP contribution in [-0.4, -0.2) is 35.9 Å². The molecular formula is C12H18N2O4S2. The molecule has 1 aromatic heterocycles. The van der Waals surface area contributed by atoms with Gasteiger partial charge in [0.25, 0.3) is 10.2 Å². The van der Waals surface area contributed by atoms with Gasteiger partial charge in [0.1, 0.15) is 6.04 Å². The van der Waals surface area contributed by atoms with Gasteiger partial charge in [0.05, 0.1) is 0 Å². The standard InChI is InChI=1S/C12H18N2O4S2/c1-12(2,3)13-20(17,18)14-6-4-9-8(5-7-19-9)10(14)11(15)16/h5,7,10,13H,4,6H2,1-3H3,(H,15,16). The molecule has 0 amide bonds. The zero-order chi connectivity index (χ0) is 15.1. The topological polar surface area (TPSA) is 86.7 Å². The SMILES string of the molecule is CC(C)(C)NS(=O)(=O)N1CCc2sccc2C1C(=O)O. The largest absolute Gasteiger partial charge is 0.480 e. The molecule has 1 aromatic rings. The summed E-state index contributed by atoms with van der Waals surface area (Å²) in [5.41, 5.74) is -0.0791. The minimum absolute atomic E-state index is 0.176.